The van der Waals surface area contributed by atoms with Crippen LogP contribution in [-0.2, 0) is 0 Å². The molecule has 0 aromatic heterocycles. The van der Waals surface area contributed by atoms with E-state index in [2.05, 4.69) is 15.9 Å². The number of nitrogen functional groups attached to an aromatic ring is 1. The lowest BCUT2D eigenvalue weighted by Crippen LogP contribution is -2.16. The lowest BCUT2D eigenvalue weighted by molar-refractivity contribution is 0.0945. The number of rotatable bonds is 3. The fraction of sp³-hybridized carbons (Fsp3) is 0.533. The standard InChI is InChI=1S/C15H18BrNO/c16-12-3-4-14(17)13(8-12)15(18)7-11-6-9-1-2-10(11)5-9/h3-4,8-11H,1-2,5-7,17H2. The van der Waals surface area contributed by atoms with Crippen LogP contribution < -0.4 is 5.73 Å². The molecule has 18 heavy (non-hydrogen) atoms. The van der Waals surface area contributed by atoms with E-state index in [1.54, 1.807) is 6.07 Å². The van der Waals surface area contributed by atoms with Gasteiger partial charge in [-0.15, -0.1) is 0 Å². The van der Waals surface area contributed by atoms with E-state index in [1.807, 2.05) is 12.1 Å². The number of hydrogen-bond donors (Lipinski definition) is 1. The van der Waals surface area contributed by atoms with Gasteiger partial charge in [0.25, 0.3) is 0 Å². The number of carbonyl (C=O) groups excluding carboxylic acids is 1. The molecule has 0 amide bonds. The summed E-state index contributed by atoms with van der Waals surface area (Å²) in [4.78, 5) is 12.3. The Kier molecular flexibility index (Phi) is 3.18. The first kappa shape index (κ1) is 12.2. The van der Waals surface area contributed by atoms with Crippen LogP contribution in [0.3, 0.4) is 0 Å². The first-order chi connectivity index (χ1) is 8.63. The molecule has 0 aliphatic heterocycles. The van der Waals surface area contributed by atoms with Crippen LogP contribution in [0, 0.1) is 17.8 Å². The first-order valence-corrected chi connectivity index (χ1v) is 7.51. The number of Topliss-reactive ketones (excluding diaryl/α,β-unsaturated/α-hetero) is 1. The van der Waals surface area contributed by atoms with Crippen molar-refractivity contribution in [1.29, 1.82) is 0 Å². The number of anilines is 1. The monoisotopic (exact) mass is 307 g/mol. The molecule has 2 aliphatic rings. The highest BCUT2D eigenvalue weighted by Gasteiger charge is 2.40. The molecule has 3 unspecified atom stereocenters. The maximum absolute atomic E-state index is 12.3. The van der Waals surface area contributed by atoms with Gasteiger partial charge in [0.15, 0.2) is 5.78 Å². The molecule has 1 aromatic carbocycles. The summed E-state index contributed by atoms with van der Waals surface area (Å²) in [5.41, 5.74) is 7.19. The van der Waals surface area contributed by atoms with E-state index in [9.17, 15) is 4.79 Å². The van der Waals surface area contributed by atoms with Gasteiger partial charge in [-0.1, -0.05) is 22.4 Å². The number of hydrogen-bond acceptors (Lipinski definition) is 2. The van der Waals surface area contributed by atoms with E-state index < -0.39 is 0 Å². The second kappa shape index (κ2) is 4.69. The summed E-state index contributed by atoms with van der Waals surface area (Å²) in [6.45, 7) is 0. The summed E-state index contributed by atoms with van der Waals surface area (Å²) in [6.07, 6.45) is 6.00. The van der Waals surface area contributed by atoms with E-state index in [4.69, 9.17) is 5.73 Å². The van der Waals surface area contributed by atoms with Crippen LogP contribution in [0.15, 0.2) is 22.7 Å². The lowest BCUT2D eigenvalue weighted by Gasteiger charge is -2.21. The molecule has 0 spiro atoms. The maximum atomic E-state index is 12.3. The smallest absolute Gasteiger partial charge is 0.165 e. The normalized spacial score (nSPS) is 29.7. The summed E-state index contributed by atoms with van der Waals surface area (Å²) in [5, 5.41) is 0. The van der Waals surface area contributed by atoms with Crippen molar-refractivity contribution in [2.45, 2.75) is 32.1 Å². The van der Waals surface area contributed by atoms with Crippen LogP contribution >= 0.6 is 15.9 Å². The SMILES string of the molecule is Nc1ccc(Br)cc1C(=O)CC1CC2CCC1C2. The zero-order valence-corrected chi connectivity index (χ0v) is 11.9. The predicted molar refractivity (Wildman–Crippen MR) is 76.4 cm³/mol. The minimum absolute atomic E-state index is 0.214. The number of benzene rings is 1. The van der Waals surface area contributed by atoms with Gasteiger partial charge in [-0.2, -0.15) is 0 Å². The fourth-order valence-electron chi connectivity index (χ4n) is 3.74. The largest absolute Gasteiger partial charge is 0.398 e. The van der Waals surface area contributed by atoms with Crippen molar-refractivity contribution in [3.05, 3.63) is 28.2 Å². The van der Waals surface area contributed by atoms with Gasteiger partial charge in [0.05, 0.1) is 0 Å². The quantitative estimate of drug-likeness (QED) is 0.676. The van der Waals surface area contributed by atoms with Crippen molar-refractivity contribution in [2.75, 3.05) is 5.73 Å². The van der Waals surface area contributed by atoms with Gasteiger partial charge < -0.3 is 5.73 Å². The summed E-state index contributed by atoms with van der Waals surface area (Å²) in [5.74, 6) is 2.51. The van der Waals surface area contributed by atoms with Crippen LogP contribution in [0.2, 0.25) is 0 Å². The highest BCUT2D eigenvalue weighted by molar-refractivity contribution is 9.10. The molecule has 2 bridgehead atoms. The van der Waals surface area contributed by atoms with Crippen LogP contribution in [0.4, 0.5) is 5.69 Å². The summed E-state index contributed by atoms with van der Waals surface area (Å²) in [6, 6.07) is 5.53. The third-order valence-corrected chi connectivity index (χ3v) is 5.14. The van der Waals surface area contributed by atoms with E-state index in [0.717, 1.165) is 16.3 Å². The van der Waals surface area contributed by atoms with Gasteiger partial charge in [-0.25, -0.2) is 0 Å². The van der Waals surface area contributed by atoms with Gasteiger partial charge >= 0.3 is 0 Å². The Bertz CT molecular complexity index is 485. The topological polar surface area (TPSA) is 43.1 Å². The number of nitrogens with two attached hydrogens (primary N) is 1. The Balaban J connectivity index is 1.73. The summed E-state index contributed by atoms with van der Waals surface area (Å²) < 4.78 is 0.924. The highest BCUT2D eigenvalue weighted by Crippen LogP contribution is 2.49. The fourth-order valence-corrected chi connectivity index (χ4v) is 4.11. The zero-order valence-electron chi connectivity index (χ0n) is 10.4. The molecule has 2 saturated carbocycles. The molecule has 3 rings (SSSR count). The van der Waals surface area contributed by atoms with Crippen LogP contribution in [0.25, 0.3) is 0 Å². The lowest BCUT2D eigenvalue weighted by atomic mass is 9.84. The van der Waals surface area contributed by atoms with Crippen molar-refractivity contribution in [3.63, 3.8) is 0 Å². The van der Waals surface area contributed by atoms with E-state index in [-0.39, 0.29) is 5.78 Å². The minimum Gasteiger partial charge on any atom is -0.398 e. The van der Waals surface area contributed by atoms with Gasteiger partial charge in [0.2, 0.25) is 0 Å². The number of fused-ring (bicyclic) bond motifs is 2. The molecule has 96 valence electrons. The Morgan fingerprint density at radius 1 is 1.33 bits per heavy atom. The molecule has 1 aromatic rings. The Labute approximate surface area is 116 Å². The Hall–Kier alpha value is -0.830. The van der Waals surface area contributed by atoms with Crippen molar-refractivity contribution in [2.24, 2.45) is 17.8 Å². The van der Waals surface area contributed by atoms with E-state index in [1.165, 1.54) is 25.7 Å². The molecule has 2 aliphatic carbocycles. The molecular formula is C15H18BrNO. The molecule has 2 nitrogen and oxygen atoms in total. The number of carbonyl (C=O) groups is 1. The van der Waals surface area contributed by atoms with Crippen LogP contribution in [-0.4, -0.2) is 5.78 Å². The van der Waals surface area contributed by atoms with Gasteiger partial charge in [0.1, 0.15) is 0 Å². The molecule has 3 heteroatoms. The first-order valence-electron chi connectivity index (χ1n) is 6.71. The van der Waals surface area contributed by atoms with Crippen LogP contribution in [0.1, 0.15) is 42.5 Å². The second-order valence-electron chi connectivity index (χ2n) is 5.79. The molecule has 0 radical (unpaired) electrons. The summed E-state index contributed by atoms with van der Waals surface area (Å²) >= 11 is 3.40. The third-order valence-electron chi connectivity index (χ3n) is 4.65. The highest BCUT2D eigenvalue weighted by atomic mass is 79.9. The van der Waals surface area contributed by atoms with Crippen LogP contribution in [0.5, 0.6) is 0 Å². The third kappa shape index (κ3) is 2.20. The molecule has 0 saturated heterocycles. The van der Waals surface area contributed by atoms with Gasteiger partial charge in [-0.3, -0.25) is 4.79 Å². The molecular weight excluding hydrogens is 290 g/mol. The average molecular weight is 308 g/mol. The summed E-state index contributed by atoms with van der Waals surface area (Å²) in [7, 11) is 0. The average Bonchev–Trinajstić information content (AvgIpc) is 2.94. The number of ketones is 1. The van der Waals surface area contributed by atoms with Crippen molar-refractivity contribution in [1.82, 2.24) is 0 Å². The Morgan fingerprint density at radius 2 is 2.17 bits per heavy atom. The van der Waals surface area contributed by atoms with Crippen molar-refractivity contribution < 1.29 is 4.79 Å². The van der Waals surface area contributed by atoms with Gasteiger partial charge in [-0.05, 0) is 55.2 Å². The Morgan fingerprint density at radius 3 is 2.83 bits per heavy atom. The molecule has 3 atom stereocenters. The predicted octanol–water partition coefficient (Wildman–Crippen LogP) is 4.04. The number of halogens is 1. The second-order valence-corrected chi connectivity index (χ2v) is 6.71. The van der Waals surface area contributed by atoms with Crippen molar-refractivity contribution in [3.8, 4) is 0 Å². The van der Waals surface area contributed by atoms with Gasteiger partial charge in [0, 0.05) is 22.1 Å². The zero-order chi connectivity index (χ0) is 12.7. The molecule has 0 heterocycles. The van der Waals surface area contributed by atoms with E-state index >= 15 is 0 Å². The molecule has 2 N–H and O–H groups in total. The minimum atomic E-state index is 0.214. The maximum Gasteiger partial charge on any atom is 0.165 e. The van der Waals surface area contributed by atoms with E-state index in [0.29, 0.717) is 23.6 Å². The molecule has 2 fully saturated rings. The van der Waals surface area contributed by atoms with Crippen molar-refractivity contribution >= 4 is 27.4 Å².